The summed E-state index contributed by atoms with van der Waals surface area (Å²) in [5.41, 5.74) is 4.57. The molecule has 1 aliphatic heterocycles. The largest absolute Gasteiger partial charge is 0.368 e. The van der Waals surface area contributed by atoms with Crippen LogP contribution in [0.15, 0.2) is 18.2 Å². The van der Waals surface area contributed by atoms with Crippen LogP contribution >= 0.6 is 24.0 Å². The Morgan fingerprint density at radius 3 is 2.64 bits per heavy atom. The van der Waals surface area contributed by atoms with Crippen molar-refractivity contribution in [2.45, 2.75) is 26.7 Å². The van der Waals surface area contributed by atoms with Crippen molar-refractivity contribution in [3.8, 4) is 0 Å². The molecule has 0 aliphatic carbocycles. The van der Waals surface area contributed by atoms with Crippen molar-refractivity contribution in [3.05, 3.63) is 34.5 Å². The Balaban J connectivity index is 0.00000176. The average molecular weight is 340 g/mol. The van der Waals surface area contributed by atoms with Gasteiger partial charge in [-0.3, -0.25) is 4.98 Å². The summed E-state index contributed by atoms with van der Waals surface area (Å²) >= 11 is 6.45. The van der Waals surface area contributed by atoms with E-state index in [-0.39, 0.29) is 12.4 Å². The molecule has 0 saturated carbocycles. The molecule has 2 aromatic rings. The molecule has 1 aromatic heterocycles. The lowest BCUT2D eigenvalue weighted by Crippen LogP contribution is -2.43. The second-order valence-corrected chi connectivity index (χ2v) is 6.17. The quantitative estimate of drug-likeness (QED) is 0.916. The van der Waals surface area contributed by atoms with Gasteiger partial charge in [0.1, 0.15) is 0 Å². The summed E-state index contributed by atoms with van der Waals surface area (Å²) < 4.78 is 0. The van der Waals surface area contributed by atoms with Crippen LogP contribution in [0.4, 0.5) is 5.69 Å². The zero-order valence-electron chi connectivity index (χ0n) is 13.2. The van der Waals surface area contributed by atoms with Gasteiger partial charge in [0.15, 0.2) is 0 Å². The minimum absolute atomic E-state index is 0. The highest BCUT2D eigenvalue weighted by atomic mass is 35.5. The van der Waals surface area contributed by atoms with E-state index in [1.807, 2.05) is 6.07 Å². The molecule has 3 rings (SSSR count). The number of benzene rings is 1. The number of piperazine rings is 1. The van der Waals surface area contributed by atoms with Gasteiger partial charge in [-0.15, -0.1) is 12.4 Å². The van der Waals surface area contributed by atoms with E-state index in [1.54, 1.807) is 0 Å². The predicted molar refractivity (Wildman–Crippen MR) is 97.8 cm³/mol. The van der Waals surface area contributed by atoms with Gasteiger partial charge < -0.3 is 10.2 Å². The Kier molecular flexibility index (Phi) is 5.90. The lowest BCUT2D eigenvalue weighted by Gasteiger charge is -2.31. The molecule has 3 nitrogen and oxygen atoms in total. The molecule has 1 fully saturated rings. The van der Waals surface area contributed by atoms with Gasteiger partial charge in [0, 0.05) is 42.9 Å². The summed E-state index contributed by atoms with van der Waals surface area (Å²) in [6.07, 6.45) is 2.10. The van der Waals surface area contributed by atoms with Gasteiger partial charge >= 0.3 is 0 Å². The van der Waals surface area contributed by atoms with Crippen molar-refractivity contribution in [1.82, 2.24) is 10.3 Å². The zero-order valence-corrected chi connectivity index (χ0v) is 14.7. The Hall–Kier alpha value is -1.03. The van der Waals surface area contributed by atoms with Crippen molar-refractivity contribution in [2.75, 3.05) is 31.1 Å². The lowest BCUT2D eigenvalue weighted by atomic mass is 10.1. The molecule has 0 atom stereocenters. The van der Waals surface area contributed by atoms with Crippen molar-refractivity contribution < 1.29 is 0 Å². The fourth-order valence-electron chi connectivity index (χ4n) is 3.01. The molecule has 1 saturated heterocycles. The average Bonchev–Trinajstić information content (AvgIpc) is 2.48. The first-order chi connectivity index (χ1) is 10.2. The van der Waals surface area contributed by atoms with E-state index < -0.39 is 0 Å². The van der Waals surface area contributed by atoms with E-state index in [4.69, 9.17) is 16.6 Å². The third-order valence-corrected chi connectivity index (χ3v) is 4.29. The third kappa shape index (κ3) is 3.48. The number of aromatic nitrogens is 1. The van der Waals surface area contributed by atoms with E-state index in [0.717, 1.165) is 55.3 Å². The number of aryl methyl sites for hydroxylation is 2. The normalized spacial score (nSPS) is 15.0. The first-order valence-corrected chi connectivity index (χ1v) is 8.12. The minimum Gasteiger partial charge on any atom is -0.368 e. The molecule has 1 N–H and O–H groups in total. The number of halogens is 2. The number of nitrogens with zero attached hydrogens (tertiary/aromatic N) is 2. The number of rotatable bonds is 3. The van der Waals surface area contributed by atoms with Crippen LogP contribution in [-0.2, 0) is 6.42 Å². The Morgan fingerprint density at radius 1 is 1.23 bits per heavy atom. The van der Waals surface area contributed by atoms with Crippen LogP contribution < -0.4 is 10.2 Å². The predicted octanol–water partition coefficient (Wildman–Crippen LogP) is 3.98. The molecule has 0 amide bonds. The maximum Gasteiger partial charge on any atom is 0.0912 e. The second-order valence-electron chi connectivity index (χ2n) is 5.76. The Bertz CT molecular complexity index is 652. The summed E-state index contributed by atoms with van der Waals surface area (Å²) in [5.74, 6) is 0. The van der Waals surface area contributed by atoms with Gasteiger partial charge in [0.2, 0.25) is 0 Å². The molecule has 0 spiro atoms. The van der Waals surface area contributed by atoms with E-state index in [2.05, 4.69) is 36.2 Å². The van der Waals surface area contributed by atoms with Gasteiger partial charge in [-0.1, -0.05) is 24.9 Å². The van der Waals surface area contributed by atoms with Gasteiger partial charge in [-0.05, 0) is 37.1 Å². The highest BCUT2D eigenvalue weighted by Gasteiger charge is 2.16. The van der Waals surface area contributed by atoms with Gasteiger partial charge in [-0.2, -0.15) is 0 Å². The Morgan fingerprint density at radius 2 is 1.95 bits per heavy atom. The fraction of sp³-hybridized carbons (Fsp3) is 0.471. The number of hydrogen-bond acceptors (Lipinski definition) is 3. The van der Waals surface area contributed by atoms with Crippen LogP contribution in [0.2, 0.25) is 5.02 Å². The fourth-order valence-corrected chi connectivity index (χ4v) is 3.32. The number of fused-ring (bicyclic) bond motifs is 1. The molecule has 120 valence electrons. The van der Waals surface area contributed by atoms with Crippen LogP contribution in [0.3, 0.4) is 0 Å². The number of pyridine rings is 1. The van der Waals surface area contributed by atoms with Crippen molar-refractivity contribution in [2.24, 2.45) is 0 Å². The van der Waals surface area contributed by atoms with E-state index in [0.29, 0.717) is 0 Å². The molecular formula is C17H23Cl2N3. The molecular weight excluding hydrogens is 317 g/mol. The van der Waals surface area contributed by atoms with Crippen LogP contribution in [0.5, 0.6) is 0 Å². The Labute approximate surface area is 143 Å². The van der Waals surface area contributed by atoms with Gasteiger partial charge in [-0.25, -0.2) is 0 Å². The summed E-state index contributed by atoms with van der Waals surface area (Å²) in [5, 5.41) is 5.36. The van der Waals surface area contributed by atoms with Crippen LogP contribution in [0, 0.1) is 6.92 Å². The van der Waals surface area contributed by atoms with Crippen LogP contribution in [-0.4, -0.2) is 31.2 Å². The molecule has 0 unspecified atom stereocenters. The van der Waals surface area contributed by atoms with Crippen LogP contribution in [0.1, 0.15) is 24.6 Å². The highest BCUT2D eigenvalue weighted by molar-refractivity contribution is 6.35. The number of hydrogen-bond donors (Lipinski definition) is 1. The standard InChI is InChI=1S/C17H22ClN3.ClH/c1-3-4-13-11-16(21-7-5-19-6-8-21)14-9-12(2)10-15(18)17(14)20-13;/h9-11,19H,3-8H2,1-2H3;1H. The maximum absolute atomic E-state index is 6.45. The maximum atomic E-state index is 6.45. The topological polar surface area (TPSA) is 28.2 Å². The SMILES string of the molecule is CCCc1cc(N2CCNCC2)c2cc(C)cc(Cl)c2n1.Cl. The van der Waals surface area contributed by atoms with Crippen LogP contribution in [0.25, 0.3) is 10.9 Å². The lowest BCUT2D eigenvalue weighted by molar-refractivity contribution is 0.590. The summed E-state index contributed by atoms with van der Waals surface area (Å²) in [6, 6.07) is 6.47. The first kappa shape index (κ1) is 17.3. The molecule has 22 heavy (non-hydrogen) atoms. The smallest absolute Gasteiger partial charge is 0.0912 e. The minimum atomic E-state index is 0. The van der Waals surface area contributed by atoms with E-state index in [9.17, 15) is 0 Å². The third-order valence-electron chi connectivity index (χ3n) is 4.01. The van der Waals surface area contributed by atoms with Gasteiger partial charge in [0.25, 0.3) is 0 Å². The zero-order chi connectivity index (χ0) is 14.8. The molecule has 5 heteroatoms. The van der Waals surface area contributed by atoms with Crippen molar-refractivity contribution >= 4 is 40.6 Å². The molecule has 0 bridgehead atoms. The first-order valence-electron chi connectivity index (χ1n) is 7.74. The molecule has 1 aromatic carbocycles. The number of anilines is 1. The summed E-state index contributed by atoms with van der Waals surface area (Å²) in [6.45, 7) is 8.42. The van der Waals surface area contributed by atoms with E-state index >= 15 is 0 Å². The van der Waals surface area contributed by atoms with Crippen molar-refractivity contribution in [3.63, 3.8) is 0 Å². The summed E-state index contributed by atoms with van der Waals surface area (Å²) in [7, 11) is 0. The number of nitrogens with one attached hydrogen (secondary N) is 1. The second kappa shape index (κ2) is 7.49. The molecule has 1 aliphatic rings. The van der Waals surface area contributed by atoms with E-state index in [1.165, 1.54) is 16.6 Å². The monoisotopic (exact) mass is 339 g/mol. The van der Waals surface area contributed by atoms with Gasteiger partial charge in [0.05, 0.1) is 10.5 Å². The molecule has 0 radical (unpaired) electrons. The summed E-state index contributed by atoms with van der Waals surface area (Å²) in [4.78, 5) is 7.24. The van der Waals surface area contributed by atoms with Crippen molar-refractivity contribution in [1.29, 1.82) is 0 Å². The molecule has 2 heterocycles. The highest BCUT2D eigenvalue weighted by Crippen LogP contribution is 2.32.